The van der Waals surface area contributed by atoms with Crippen molar-refractivity contribution >= 4 is 11.6 Å². The molecule has 2 nitrogen and oxygen atoms in total. The number of halogens is 1. The molecule has 0 heterocycles. The lowest BCUT2D eigenvalue weighted by atomic mass is 10.7. The third-order valence-electron chi connectivity index (χ3n) is 0.798. The van der Waals surface area contributed by atoms with Crippen LogP contribution in [0.5, 0.6) is 0 Å². The molecule has 3 heteroatoms. The van der Waals surface area contributed by atoms with Gasteiger partial charge in [-0.15, -0.1) is 11.6 Å². The smallest absolute Gasteiger partial charge is 0.0701 e. The van der Waals surface area contributed by atoms with E-state index in [-0.39, 0.29) is 0 Å². The summed E-state index contributed by atoms with van der Waals surface area (Å²) in [5.74, 6) is 0.562. The molecule has 0 aliphatic heterocycles. The Hall–Kier alpha value is 0.210. The monoisotopic (exact) mass is 152 g/mol. The predicted molar refractivity (Wildman–Crippen MR) is 38.0 cm³/mol. The summed E-state index contributed by atoms with van der Waals surface area (Å²) in [5.41, 5.74) is 0. The first-order valence-corrected chi connectivity index (χ1v) is 3.66. The molecule has 0 aromatic carbocycles. The van der Waals surface area contributed by atoms with Crippen LogP contribution < -0.4 is 0 Å². The zero-order chi connectivity index (χ0) is 6.95. The third-order valence-corrected chi connectivity index (χ3v) is 0.952. The Bertz CT molecular complexity index is 44.3. The summed E-state index contributed by atoms with van der Waals surface area (Å²) in [6, 6.07) is 0. The second-order valence-corrected chi connectivity index (χ2v) is 1.88. The molecule has 0 amide bonds. The summed E-state index contributed by atoms with van der Waals surface area (Å²) in [4.78, 5) is 0. The van der Waals surface area contributed by atoms with Crippen LogP contribution in [0.3, 0.4) is 0 Å². The van der Waals surface area contributed by atoms with Gasteiger partial charge in [-0.3, -0.25) is 0 Å². The molecular weight excluding hydrogens is 140 g/mol. The molecule has 0 aromatic heterocycles. The Kier molecular flexibility index (Phi) is 8.40. The number of hydrogen-bond donors (Lipinski definition) is 0. The first kappa shape index (κ1) is 9.21. The molecule has 0 spiro atoms. The van der Waals surface area contributed by atoms with Crippen molar-refractivity contribution in [3.63, 3.8) is 0 Å². The Morgan fingerprint density at radius 1 is 1.11 bits per heavy atom. The van der Waals surface area contributed by atoms with Gasteiger partial charge in [0.15, 0.2) is 0 Å². The summed E-state index contributed by atoms with van der Waals surface area (Å²) in [7, 11) is 0. The molecule has 0 aliphatic rings. The van der Waals surface area contributed by atoms with E-state index < -0.39 is 0 Å². The Balaban J connectivity index is 2.60. The van der Waals surface area contributed by atoms with Crippen LogP contribution in [0.15, 0.2) is 0 Å². The van der Waals surface area contributed by atoms with Crippen molar-refractivity contribution in [3.8, 4) is 0 Å². The summed E-state index contributed by atoms with van der Waals surface area (Å²) in [6.45, 7) is 4.66. The van der Waals surface area contributed by atoms with Crippen molar-refractivity contribution in [2.24, 2.45) is 0 Å². The predicted octanol–water partition coefficient (Wildman–Crippen LogP) is 1.28. The maximum absolute atomic E-state index is 5.35. The second kappa shape index (κ2) is 8.21. The first-order chi connectivity index (χ1) is 4.41. The number of rotatable bonds is 6. The molecule has 0 saturated carbocycles. The fraction of sp³-hybridized carbons (Fsp3) is 1.00. The molecule has 56 valence electrons. The molecule has 0 N–H and O–H groups in total. The van der Waals surface area contributed by atoms with Gasteiger partial charge in [-0.1, -0.05) is 0 Å². The number of hydrogen-bond acceptors (Lipinski definition) is 2. The van der Waals surface area contributed by atoms with Crippen LogP contribution in [0.4, 0.5) is 0 Å². The van der Waals surface area contributed by atoms with Crippen LogP contribution in [-0.4, -0.2) is 32.3 Å². The Morgan fingerprint density at radius 2 is 1.78 bits per heavy atom. The molecule has 0 bridgehead atoms. The van der Waals surface area contributed by atoms with E-state index in [0.29, 0.717) is 25.7 Å². The SMILES string of the molecule is CCOCCOCCCl. The first-order valence-electron chi connectivity index (χ1n) is 3.13. The molecule has 0 aliphatic carbocycles. The van der Waals surface area contributed by atoms with E-state index in [1.54, 1.807) is 0 Å². The van der Waals surface area contributed by atoms with E-state index >= 15 is 0 Å². The zero-order valence-corrected chi connectivity index (χ0v) is 6.49. The highest BCUT2D eigenvalue weighted by atomic mass is 35.5. The van der Waals surface area contributed by atoms with E-state index in [1.165, 1.54) is 0 Å². The molecular formula is C6H13ClO2. The quantitative estimate of drug-likeness (QED) is 0.422. The number of ether oxygens (including phenoxy) is 2. The lowest BCUT2D eigenvalue weighted by molar-refractivity contribution is 0.0591. The van der Waals surface area contributed by atoms with Crippen LogP contribution in [0.25, 0.3) is 0 Å². The molecule has 9 heavy (non-hydrogen) atoms. The Labute approximate surface area is 61.1 Å². The molecule has 0 unspecified atom stereocenters. The van der Waals surface area contributed by atoms with Gasteiger partial charge in [0.25, 0.3) is 0 Å². The van der Waals surface area contributed by atoms with Gasteiger partial charge in [-0.2, -0.15) is 0 Å². The minimum Gasteiger partial charge on any atom is -0.379 e. The fourth-order valence-corrected chi connectivity index (χ4v) is 0.528. The van der Waals surface area contributed by atoms with Gasteiger partial charge in [0.2, 0.25) is 0 Å². The summed E-state index contributed by atoms with van der Waals surface area (Å²) < 4.78 is 10.0. The third kappa shape index (κ3) is 8.21. The highest BCUT2D eigenvalue weighted by Crippen LogP contribution is 1.79. The minimum atomic E-state index is 0.562. The molecule has 0 fully saturated rings. The number of alkyl halides is 1. The van der Waals surface area contributed by atoms with Gasteiger partial charge in [-0.25, -0.2) is 0 Å². The van der Waals surface area contributed by atoms with E-state index in [0.717, 1.165) is 6.61 Å². The molecule has 0 saturated heterocycles. The van der Waals surface area contributed by atoms with E-state index in [1.807, 2.05) is 6.92 Å². The standard InChI is InChI=1S/C6H13ClO2/c1-2-8-5-6-9-4-3-7/h2-6H2,1H3. The average Bonchev–Trinajstić information content (AvgIpc) is 1.89. The van der Waals surface area contributed by atoms with E-state index in [4.69, 9.17) is 21.1 Å². The lowest BCUT2D eigenvalue weighted by Crippen LogP contribution is -2.05. The fourth-order valence-electron chi connectivity index (χ4n) is 0.419. The van der Waals surface area contributed by atoms with Gasteiger partial charge >= 0.3 is 0 Å². The van der Waals surface area contributed by atoms with Crippen molar-refractivity contribution in [1.29, 1.82) is 0 Å². The van der Waals surface area contributed by atoms with Crippen molar-refractivity contribution in [2.75, 3.05) is 32.3 Å². The van der Waals surface area contributed by atoms with Gasteiger partial charge < -0.3 is 9.47 Å². The highest BCUT2D eigenvalue weighted by molar-refractivity contribution is 6.17. The summed E-state index contributed by atoms with van der Waals surface area (Å²) >= 11 is 5.35. The lowest BCUT2D eigenvalue weighted by Gasteiger charge is -2.00. The molecule has 0 radical (unpaired) electrons. The van der Waals surface area contributed by atoms with E-state index in [2.05, 4.69) is 0 Å². The van der Waals surface area contributed by atoms with E-state index in [9.17, 15) is 0 Å². The normalized spacial score (nSPS) is 10.0. The molecule has 0 rings (SSSR count). The molecule has 0 aromatic rings. The van der Waals surface area contributed by atoms with Crippen LogP contribution in [0.1, 0.15) is 6.92 Å². The zero-order valence-electron chi connectivity index (χ0n) is 5.73. The Morgan fingerprint density at radius 3 is 2.33 bits per heavy atom. The van der Waals surface area contributed by atoms with Gasteiger partial charge in [0, 0.05) is 12.5 Å². The van der Waals surface area contributed by atoms with Crippen LogP contribution in [0.2, 0.25) is 0 Å². The summed E-state index contributed by atoms with van der Waals surface area (Å²) in [5, 5.41) is 0. The van der Waals surface area contributed by atoms with Gasteiger partial charge in [0.05, 0.1) is 19.8 Å². The molecule has 0 atom stereocenters. The van der Waals surface area contributed by atoms with Gasteiger partial charge in [-0.05, 0) is 6.92 Å². The topological polar surface area (TPSA) is 18.5 Å². The van der Waals surface area contributed by atoms with Crippen LogP contribution in [-0.2, 0) is 9.47 Å². The van der Waals surface area contributed by atoms with Crippen molar-refractivity contribution in [3.05, 3.63) is 0 Å². The second-order valence-electron chi connectivity index (χ2n) is 1.50. The van der Waals surface area contributed by atoms with Crippen LogP contribution in [0, 0.1) is 0 Å². The summed E-state index contributed by atoms with van der Waals surface area (Å²) in [6.07, 6.45) is 0. The highest BCUT2D eigenvalue weighted by Gasteiger charge is 1.84. The van der Waals surface area contributed by atoms with Gasteiger partial charge in [0.1, 0.15) is 0 Å². The minimum absolute atomic E-state index is 0.562. The average molecular weight is 153 g/mol. The van der Waals surface area contributed by atoms with Crippen LogP contribution >= 0.6 is 11.6 Å². The maximum atomic E-state index is 5.35. The largest absolute Gasteiger partial charge is 0.379 e. The van der Waals surface area contributed by atoms with Crippen molar-refractivity contribution < 1.29 is 9.47 Å². The maximum Gasteiger partial charge on any atom is 0.0701 e. The van der Waals surface area contributed by atoms with Crippen molar-refractivity contribution in [1.82, 2.24) is 0 Å². The van der Waals surface area contributed by atoms with Crippen molar-refractivity contribution in [2.45, 2.75) is 6.92 Å².